The van der Waals surface area contributed by atoms with Crippen LogP contribution in [0.5, 0.6) is 0 Å². The van der Waals surface area contributed by atoms with Gasteiger partial charge in [0.05, 0.1) is 6.61 Å². The molecule has 88 valence electrons. The van der Waals surface area contributed by atoms with Crippen LogP contribution in [0, 0.1) is 5.92 Å². The summed E-state index contributed by atoms with van der Waals surface area (Å²) in [5.74, 6) is -0.519. The lowest BCUT2D eigenvalue weighted by atomic mass is 9.80. The molecule has 0 spiro atoms. The summed E-state index contributed by atoms with van der Waals surface area (Å²) in [5, 5.41) is 10.3. The van der Waals surface area contributed by atoms with E-state index >= 15 is 0 Å². The maximum absolute atomic E-state index is 11.7. The van der Waals surface area contributed by atoms with E-state index in [9.17, 15) is 9.90 Å². The van der Waals surface area contributed by atoms with Crippen LogP contribution in [0.2, 0.25) is 0 Å². The summed E-state index contributed by atoms with van der Waals surface area (Å²) in [6.07, 6.45) is 1.85. The van der Waals surface area contributed by atoms with Crippen LogP contribution in [-0.2, 0) is 14.3 Å². The fraction of sp³-hybridized carbons (Fsp3) is 0.909. The van der Waals surface area contributed by atoms with Crippen molar-refractivity contribution in [3.05, 3.63) is 0 Å². The van der Waals surface area contributed by atoms with E-state index in [1.54, 1.807) is 6.92 Å². The van der Waals surface area contributed by atoms with E-state index in [1.165, 1.54) is 0 Å². The quantitative estimate of drug-likeness (QED) is 0.715. The Kier molecular flexibility index (Phi) is 4.54. The van der Waals surface area contributed by atoms with Crippen LogP contribution in [0.4, 0.5) is 0 Å². The number of carbonyl (C=O) groups excluding carboxylic acids is 1. The van der Waals surface area contributed by atoms with Gasteiger partial charge in [0.2, 0.25) is 0 Å². The highest BCUT2D eigenvalue weighted by atomic mass is 16.5. The summed E-state index contributed by atoms with van der Waals surface area (Å²) in [7, 11) is 0. The Morgan fingerprint density at radius 1 is 1.47 bits per heavy atom. The van der Waals surface area contributed by atoms with Crippen molar-refractivity contribution in [3.8, 4) is 0 Å². The molecule has 0 aromatic heterocycles. The molecule has 1 saturated heterocycles. The van der Waals surface area contributed by atoms with Gasteiger partial charge in [-0.3, -0.25) is 0 Å². The number of ether oxygens (including phenoxy) is 2. The van der Waals surface area contributed by atoms with Crippen LogP contribution in [0.15, 0.2) is 0 Å². The third-order valence-corrected chi connectivity index (χ3v) is 3.06. The zero-order valence-electron chi connectivity index (χ0n) is 9.49. The molecule has 0 aromatic carbocycles. The first-order chi connectivity index (χ1) is 7.15. The first-order valence-corrected chi connectivity index (χ1v) is 5.62. The minimum absolute atomic E-state index is 0.0321. The fourth-order valence-corrected chi connectivity index (χ4v) is 2.03. The second-order valence-electron chi connectivity index (χ2n) is 3.88. The van der Waals surface area contributed by atoms with Gasteiger partial charge in [0.15, 0.2) is 5.60 Å². The van der Waals surface area contributed by atoms with Gasteiger partial charge in [-0.25, -0.2) is 4.79 Å². The van der Waals surface area contributed by atoms with Crippen LogP contribution < -0.4 is 0 Å². The molecule has 1 rings (SSSR count). The van der Waals surface area contributed by atoms with E-state index < -0.39 is 11.6 Å². The van der Waals surface area contributed by atoms with Gasteiger partial charge < -0.3 is 14.6 Å². The molecule has 0 saturated carbocycles. The number of hydrogen-bond donors (Lipinski definition) is 1. The Bertz CT molecular complexity index is 211. The van der Waals surface area contributed by atoms with E-state index in [0.717, 1.165) is 12.8 Å². The fourth-order valence-electron chi connectivity index (χ4n) is 2.03. The normalized spacial score (nSPS) is 22.1. The Hall–Kier alpha value is -0.610. The third-order valence-electron chi connectivity index (χ3n) is 3.06. The van der Waals surface area contributed by atoms with Crippen molar-refractivity contribution in [2.45, 2.75) is 38.7 Å². The molecular weight excluding hydrogens is 196 g/mol. The zero-order chi connectivity index (χ0) is 11.3. The Labute approximate surface area is 90.6 Å². The lowest BCUT2D eigenvalue weighted by Gasteiger charge is -2.35. The Morgan fingerprint density at radius 2 is 2.07 bits per heavy atom. The molecule has 0 aliphatic carbocycles. The molecule has 1 N–H and O–H groups in total. The summed E-state index contributed by atoms with van der Waals surface area (Å²) in [6, 6.07) is 0. The van der Waals surface area contributed by atoms with Crippen LogP contribution in [0.3, 0.4) is 0 Å². The SMILES string of the molecule is CCOC(=O)C(O)(CC)C1CCOCC1. The van der Waals surface area contributed by atoms with Gasteiger partial charge in [-0.1, -0.05) is 6.92 Å². The summed E-state index contributed by atoms with van der Waals surface area (Å²) in [6.45, 7) is 5.10. The number of hydrogen-bond acceptors (Lipinski definition) is 4. The number of rotatable bonds is 4. The molecule has 1 fully saturated rings. The van der Waals surface area contributed by atoms with E-state index in [-0.39, 0.29) is 5.92 Å². The lowest BCUT2D eigenvalue weighted by Crippen LogP contribution is -2.48. The molecule has 0 aromatic rings. The standard InChI is InChI=1S/C11H20O4/c1-3-11(13,10(12)15-4-2)9-5-7-14-8-6-9/h9,13H,3-8H2,1-2H3. The molecular formula is C11H20O4. The van der Waals surface area contributed by atoms with E-state index in [0.29, 0.717) is 26.2 Å². The topological polar surface area (TPSA) is 55.8 Å². The van der Waals surface area contributed by atoms with Crippen molar-refractivity contribution in [2.75, 3.05) is 19.8 Å². The molecule has 0 radical (unpaired) electrons. The van der Waals surface area contributed by atoms with Gasteiger partial charge in [-0.05, 0) is 26.2 Å². The van der Waals surface area contributed by atoms with Crippen molar-refractivity contribution in [2.24, 2.45) is 5.92 Å². The smallest absolute Gasteiger partial charge is 0.338 e. The van der Waals surface area contributed by atoms with Gasteiger partial charge in [0, 0.05) is 19.1 Å². The average Bonchev–Trinajstić information content (AvgIpc) is 2.29. The van der Waals surface area contributed by atoms with Gasteiger partial charge >= 0.3 is 5.97 Å². The summed E-state index contributed by atoms with van der Waals surface area (Å²) >= 11 is 0. The Morgan fingerprint density at radius 3 is 2.53 bits per heavy atom. The minimum Gasteiger partial charge on any atom is -0.464 e. The third kappa shape index (κ3) is 2.69. The predicted molar refractivity (Wildman–Crippen MR) is 55.4 cm³/mol. The van der Waals surface area contributed by atoms with Gasteiger partial charge in [0.1, 0.15) is 0 Å². The Balaban J connectivity index is 2.68. The molecule has 0 amide bonds. The first kappa shape index (κ1) is 12.5. The number of esters is 1. The van der Waals surface area contributed by atoms with Crippen molar-refractivity contribution in [1.82, 2.24) is 0 Å². The molecule has 1 aliphatic heterocycles. The maximum Gasteiger partial charge on any atom is 0.338 e. The molecule has 0 bridgehead atoms. The van der Waals surface area contributed by atoms with Gasteiger partial charge in [0.25, 0.3) is 0 Å². The molecule has 4 nitrogen and oxygen atoms in total. The van der Waals surface area contributed by atoms with E-state index in [2.05, 4.69) is 0 Å². The molecule has 1 aliphatic rings. The van der Waals surface area contributed by atoms with Crippen molar-refractivity contribution >= 4 is 5.97 Å². The highest BCUT2D eigenvalue weighted by Gasteiger charge is 2.44. The maximum atomic E-state index is 11.7. The zero-order valence-corrected chi connectivity index (χ0v) is 9.49. The molecule has 1 unspecified atom stereocenters. The largest absolute Gasteiger partial charge is 0.464 e. The number of aliphatic hydroxyl groups is 1. The summed E-state index contributed by atoms with van der Waals surface area (Å²) in [5.41, 5.74) is -1.32. The van der Waals surface area contributed by atoms with Crippen LogP contribution in [0.1, 0.15) is 33.1 Å². The van der Waals surface area contributed by atoms with Crippen LogP contribution in [0.25, 0.3) is 0 Å². The van der Waals surface area contributed by atoms with Crippen molar-refractivity contribution < 1.29 is 19.4 Å². The minimum atomic E-state index is -1.32. The van der Waals surface area contributed by atoms with Crippen molar-refractivity contribution in [1.29, 1.82) is 0 Å². The monoisotopic (exact) mass is 216 g/mol. The van der Waals surface area contributed by atoms with E-state index in [1.807, 2.05) is 6.92 Å². The van der Waals surface area contributed by atoms with Crippen LogP contribution >= 0.6 is 0 Å². The van der Waals surface area contributed by atoms with Crippen molar-refractivity contribution in [3.63, 3.8) is 0 Å². The molecule has 15 heavy (non-hydrogen) atoms. The second kappa shape index (κ2) is 5.47. The molecule has 1 atom stereocenters. The number of carbonyl (C=O) groups is 1. The lowest BCUT2D eigenvalue weighted by molar-refractivity contribution is -0.176. The van der Waals surface area contributed by atoms with Crippen LogP contribution in [-0.4, -0.2) is 36.5 Å². The van der Waals surface area contributed by atoms with Gasteiger partial charge in [-0.2, -0.15) is 0 Å². The highest BCUT2D eigenvalue weighted by Crippen LogP contribution is 2.31. The average molecular weight is 216 g/mol. The molecule has 4 heteroatoms. The highest BCUT2D eigenvalue weighted by molar-refractivity contribution is 5.79. The van der Waals surface area contributed by atoms with E-state index in [4.69, 9.17) is 9.47 Å². The molecule has 1 heterocycles. The second-order valence-corrected chi connectivity index (χ2v) is 3.88. The first-order valence-electron chi connectivity index (χ1n) is 5.62. The predicted octanol–water partition coefficient (Wildman–Crippen LogP) is 1.12. The summed E-state index contributed by atoms with van der Waals surface area (Å²) in [4.78, 5) is 11.7. The summed E-state index contributed by atoms with van der Waals surface area (Å²) < 4.78 is 10.1. The van der Waals surface area contributed by atoms with Gasteiger partial charge in [-0.15, -0.1) is 0 Å².